The number of anilines is 1. The van der Waals surface area contributed by atoms with E-state index in [-0.39, 0.29) is 17.4 Å². The minimum Gasteiger partial charge on any atom is -0.478 e. The van der Waals surface area contributed by atoms with Crippen LogP contribution < -0.4 is 5.32 Å². The molecule has 0 aliphatic heterocycles. The fraction of sp³-hybridized carbons (Fsp3) is 0.364. The van der Waals surface area contributed by atoms with E-state index in [2.05, 4.69) is 5.32 Å². The maximum atomic E-state index is 11.1. The van der Waals surface area contributed by atoms with Crippen molar-refractivity contribution in [1.82, 2.24) is 0 Å². The maximum absolute atomic E-state index is 11.1. The van der Waals surface area contributed by atoms with Gasteiger partial charge < -0.3 is 10.4 Å². The van der Waals surface area contributed by atoms with E-state index in [1.165, 1.54) is 18.4 Å². The second-order valence-corrected chi connectivity index (χ2v) is 6.21. The zero-order valence-electron chi connectivity index (χ0n) is 9.67. The number of hydrogen-bond donors (Lipinski definition) is 2. The summed E-state index contributed by atoms with van der Waals surface area (Å²) in [7, 11) is -3.02. The molecule has 94 valence electrons. The van der Waals surface area contributed by atoms with Crippen molar-refractivity contribution in [2.75, 3.05) is 17.3 Å². The fourth-order valence-electron chi connectivity index (χ4n) is 1.49. The smallest absolute Gasteiger partial charge is 0.335 e. The average Bonchev–Trinajstić information content (AvgIpc) is 2.15. The van der Waals surface area contributed by atoms with Crippen LogP contribution in [0, 0.1) is 0 Å². The summed E-state index contributed by atoms with van der Waals surface area (Å²) in [4.78, 5) is 10.6. The molecular formula is C11H15NO4S. The van der Waals surface area contributed by atoms with Crippen molar-refractivity contribution < 1.29 is 18.3 Å². The molecule has 0 radical (unpaired) electrons. The minimum atomic E-state index is -3.02. The van der Waals surface area contributed by atoms with Gasteiger partial charge in [-0.15, -0.1) is 0 Å². The quantitative estimate of drug-likeness (QED) is 0.829. The summed E-state index contributed by atoms with van der Waals surface area (Å²) in [6, 6.07) is 5.95. The van der Waals surface area contributed by atoms with Crippen LogP contribution >= 0.6 is 0 Å². The normalized spacial score (nSPS) is 13.1. The molecule has 5 nitrogen and oxygen atoms in total. The molecular weight excluding hydrogens is 242 g/mol. The first-order valence-corrected chi connectivity index (χ1v) is 7.11. The largest absolute Gasteiger partial charge is 0.478 e. The second-order valence-electron chi connectivity index (χ2n) is 4.02. The van der Waals surface area contributed by atoms with Gasteiger partial charge in [0.2, 0.25) is 0 Å². The summed E-state index contributed by atoms with van der Waals surface area (Å²) in [6.45, 7) is 1.76. The van der Waals surface area contributed by atoms with Crippen molar-refractivity contribution in [1.29, 1.82) is 0 Å². The molecule has 6 heteroatoms. The predicted molar refractivity (Wildman–Crippen MR) is 66.2 cm³/mol. The zero-order chi connectivity index (χ0) is 13.1. The van der Waals surface area contributed by atoms with E-state index in [9.17, 15) is 13.2 Å². The van der Waals surface area contributed by atoms with Gasteiger partial charge >= 0.3 is 5.97 Å². The Morgan fingerprint density at radius 3 is 2.29 bits per heavy atom. The van der Waals surface area contributed by atoms with Crippen LogP contribution in [-0.2, 0) is 9.84 Å². The van der Waals surface area contributed by atoms with Gasteiger partial charge in [-0.25, -0.2) is 13.2 Å². The van der Waals surface area contributed by atoms with Crippen molar-refractivity contribution in [3.8, 4) is 0 Å². The molecule has 0 saturated carbocycles. The molecule has 0 amide bonds. The Bertz CT molecular complexity index is 493. The number of carboxylic acids is 1. The van der Waals surface area contributed by atoms with Crippen LogP contribution in [0.2, 0.25) is 0 Å². The summed E-state index contributed by atoms with van der Waals surface area (Å²) in [5, 5.41) is 11.7. The van der Waals surface area contributed by atoms with Crippen molar-refractivity contribution in [3.63, 3.8) is 0 Å². The summed E-state index contributed by atoms with van der Waals surface area (Å²) in [6.07, 6.45) is 1.18. The number of carboxylic acid groups (broad SMARTS) is 1. The topological polar surface area (TPSA) is 83.5 Å². The van der Waals surface area contributed by atoms with Crippen molar-refractivity contribution in [2.24, 2.45) is 0 Å². The van der Waals surface area contributed by atoms with E-state index in [4.69, 9.17) is 5.11 Å². The number of nitrogens with one attached hydrogen (secondary N) is 1. The van der Waals surface area contributed by atoms with Crippen LogP contribution in [0.4, 0.5) is 5.69 Å². The Labute approximate surface area is 100 Å². The second kappa shape index (κ2) is 5.18. The standard InChI is InChI=1S/C11H15NO4S/c1-8(7-17(2,15)16)12-10-5-3-9(4-6-10)11(13)14/h3-6,8,12H,7H2,1-2H3,(H,13,14). The van der Waals surface area contributed by atoms with Crippen LogP contribution in [-0.4, -0.2) is 37.5 Å². The van der Waals surface area contributed by atoms with Crippen molar-refractivity contribution in [3.05, 3.63) is 29.8 Å². The first-order valence-electron chi connectivity index (χ1n) is 5.05. The van der Waals surface area contributed by atoms with Crippen molar-refractivity contribution in [2.45, 2.75) is 13.0 Å². The molecule has 1 atom stereocenters. The lowest BCUT2D eigenvalue weighted by Gasteiger charge is -2.14. The lowest BCUT2D eigenvalue weighted by molar-refractivity contribution is 0.0697. The molecule has 0 heterocycles. The van der Waals surface area contributed by atoms with E-state index in [0.29, 0.717) is 5.69 Å². The van der Waals surface area contributed by atoms with Gasteiger partial charge in [-0.3, -0.25) is 0 Å². The molecule has 1 unspecified atom stereocenters. The molecule has 0 spiro atoms. The molecule has 2 N–H and O–H groups in total. The van der Waals surface area contributed by atoms with Gasteiger partial charge in [-0.1, -0.05) is 0 Å². The molecule has 0 fully saturated rings. The third kappa shape index (κ3) is 4.86. The number of aromatic carboxylic acids is 1. The van der Waals surface area contributed by atoms with Gasteiger partial charge in [0.15, 0.2) is 0 Å². The van der Waals surface area contributed by atoms with E-state index in [0.717, 1.165) is 0 Å². The van der Waals surface area contributed by atoms with Gasteiger partial charge in [-0.2, -0.15) is 0 Å². The SMILES string of the molecule is CC(CS(C)(=O)=O)Nc1ccc(C(=O)O)cc1. The molecule has 0 bridgehead atoms. The van der Waals surface area contributed by atoms with E-state index in [1.54, 1.807) is 19.1 Å². The number of carbonyl (C=O) groups is 1. The third-order valence-electron chi connectivity index (χ3n) is 2.10. The van der Waals surface area contributed by atoms with Crippen molar-refractivity contribution >= 4 is 21.5 Å². The molecule has 0 aliphatic carbocycles. The molecule has 1 aromatic rings. The predicted octanol–water partition coefficient (Wildman–Crippen LogP) is 1.23. The molecule has 0 saturated heterocycles. The lowest BCUT2D eigenvalue weighted by Crippen LogP contribution is -2.24. The zero-order valence-corrected chi connectivity index (χ0v) is 10.5. The first-order chi connectivity index (χ1) is 7.78. The Hall–Kier alpha value is -1.56. The van der Waals surface area contributed by atoms with Crippen LogP contribution in [0.25, 0.3) is 0 Å². The lowest BCUT2D eigenvalue weighted by atomic mass is 10.2. The Morgan fingerprint density at radius 1 is 1.35 bits per heavy atom. The summed E-state index contributed by atoms with van der Waals surface area (Å²) >= 11 is 0. The highest BCUT2D eigenvalue weighted by molar-refractivity contribution is 7.90. The number of sulfone groups is 1. The average molecular weight is 257 g/mol. The van der Waals surface area contributed by atoms with Gasteiger partial charge in [0.1, 0.15) is 9.84 Å². The molecule has 0 aromatic heterocycles. The van der Waals surface area contributed by atoms with Gasteiger partial charge in [0.25, 0.3) is 0 Å². The van der Waals surface area contributed by atoms with Crippen LogP contribution in [0.5, 0.6) is 0 Å². The molecule has 1 aromatic carbocycles. The van der Waals surface area contributed by atoms with Crippen LogP contribution in [0.1, 0.15) is 17.3 Å². The van der Waals surface area contributed by atoms with Crippen LogP contribution in [0.15, 0.2) is 24.3 Å². The van der Waals surface area contributed by atoms with Gasteiger partial charge in [0.05, 0.1) is 11.3 Å². The molecule has 1 rings (SSSR count). The van der Waals surface area contributed by atoms with E-state index >= 15 is 0 Å². The highest BCUT2D eigenvalue weighted by Crippen LogP contribution is 2.11. The highest BCUT2D eigenvalue weighted by atomic mass is 32.2. The minimum absolute atomic E-state index is 0.0354. The Balaban J connectivity index is 2.66. The number of benzene rings is 1. The maximum Gasteiger partial charge on any atom is 0.335 e. The summed E-state index contributed by atoms with van der Waals surface area (Å²) < 4.78 is 22.1. The van der Waals surface area contributed by atoms with Crippen LogP contribution in [0.3, 0.4) is 0 Å². The highest BCUT2D eigenvalue weighted by Gasteiger charge is 2.10. The monoisotopic (exact) mass is 257 g/mol. The molecule has 0 aliphatic rings. The Kier molecular flexibility index (Phi) is 4.11. The molecule has 17 heavy (non-hydrogen) atoms. The van der Waals surface area contributed by atoms with Gasteiger partial charge in [-0.05, 0) is 31.2 Å². The third-order valence-corrected chi connectivity index (χ3v) is 3.20. The van der Waals surface area contributed by atoms with E-state index < -0.39 is 15.8 Å². The fourth-order valence-corrected chi connectivity index (χ4v) is 2.48. The Morgan fingerprint density at radius 2 is 1.88 bits per heavy atom. The summed E-state index contributed by atoms with van der Waals surface area (Å²) in [5.74, 6) is -0.950. The number of rotatable bonds is 5. The number of hydrogen-bond acceptors (Lipinski definition) is 4. The first kappa shape index (κ1) is 13.5. The van der Waals surface area contributed by atoms with E-state index in [1.807, 2.05) is 0 Å². The summed E-state index contributed by atoms with van der Waals surface area (Å²) in [5.41, 5.74) is 0.900. The van der Waals surface area contributed by atoms with Gasteiger partial charge in [0, 0.05) is 18.0 Å².